The van der Waals surface area contributed by atoms with Crippen LogP contribution in [0.5, 0.6) is 0 Å². The maximum atomic E-state index is 5.46. The molecule has 0 aliphatic rings. The topological polar surface area (TPSA) is 67.9 Å². The maximum Gasteiger partial charge on any atom is 0.0701 e. The zero-order valence-corrected chi connectivity index (χ0v) is 19.0. The van der Waals surface area contributed by atoms with Crippen LogP contribution in [0.4, 0.5) is 0 Å². The lowest BCUT2D eigenvalue weighted by Crippen LogP contribution is -2.19. The van der Waals surface area contributed by atoms with E-state index in [-0.39, 0.29) is 0 Å². The van der Waals surface area contributed by atoms with Crippen molar-refractivity contribution in [1.29, 1.82) is 0 Å². The summed E-state index contributed by atoms with van der Waals surface area (Å²) >= 11 is 0. The molecule has 29 heavy (non-hydrogen) atoms. The molecule has 0 aliphatic heterocycles. The number of nitrogens with zero attached hydrogens (tertiary/aromatic N) is 1. The van der Waals surface area contributed by atoms with Gasteiger partial charge in [0.25, 0.3) is 0 Å². The number of ether oxygens (including phenoxy) is 7. The average Bonchev–Trinajstić information content (AvgIpc) is 2.71. The normalized spacial score (nSPS) is 11.6. The van der Waals surface area contributed by atoms with Gasteiger partial charge in [-0.15, -0.1) is 0 Å². The average molecular weight is 424 g/mol. The van der Waals surface area contributed by atoms with E-state index in [9.17, 15) is 0 Å². The Hall–Kier alpha value is -0.320. The molecule has 0 rings (SSSR count). The fourth-order valence-corrected chi connectivity index (χ4v) is 2.12. The first-order valence-corrected chi connectivity index (χ1v) is 11.0. The predicted molar refractivity (Wildman–Crippen MR) is 114 cm³/mol. The Balaban J connectivity index is 2.98. The van der Waals surface area contributed by atoms with Crippen molar-refractivity contribution in [1.82, 2.24) is 4.90 Å². The van der Waals surface area contributed by atoms with Gasteiger partial charge in [-0.1, -0.05) is 19.8 Å². The van der Waals surface area contributed by atoms with E-state index in [4.69, 9.17) is 33.2 Å². The van der Waals surface area contributed by atoms with E-state index in [1.54, 1.807) is 0 Å². The number of rotatable bonds is 25. The van der Waals surface area contributed by atoms with Crippen molar-refractivity contribution in [2.45, 2.75) is 26.2 Å². The Labute approximate surface area is 178 Å². The summed E-state index contributed by atoms with van der Waals surface area (Å²) in [5.74, 6) is 0. The zero-order valence-electron chi connectivity index (χ0n) is 19.0. The molecule has 0 unspecified atom stereocenters. The molecule has 0 radical (unpaired) electrons. The molecule has 0 saturated carbocycles. The van der Waals surface area contributed by atoms with E-state index >= 15 is 0 Å². The molecule has 0 aromatic rings. The van der Waals surface area contributed by atoms with E-state index in [1.807, 2.05) is 14.1 Å². The van der Waals surface area contributed by atoms with Crippen LogP contribution in [-0.2, 0) is 33.2 Å². The molecule has 0 N–H and O–H groups in total. The van der Waals surface area contributed by atoms with Crippen molar-refractivity contribution in [2.75, 3.05) is 113 Å². The van der Waals surface area contributed by atoms with E-state index in [1.165, 1.54) is 12.8 Å². The lowest BCUT2D eigenvalue weighted by atomic mass is 10.3. The van der Waals surface area contributed by atoms with Gasteiger partial charge in [-0.05, 0) is 20.5 Å². The molecule has 176 valence electrons. The molecule has 0 aromatic carbocycles. The van der Waals surface area contributed by atoms with Gasteiger partial charge in [0.2, 0.25) is 0 Å². The van der Waals surface area contributed by atoms with Crippen molar-refractivity contribution in [3.8, 4) is 0 Å². The van der Waals surface area contributed by atoms with Crippen LogP contribution < -0.4 is 0 Å². The molecule has 0 amide bonds. The summed E-state index contributed by atoms with van der Waals surface area (Å²) in [5, 5.41) is 0. The molecular weight excluding hydrogens is 378 g/mol. The molecule has 0 saturated heterocycles. The van der Waals surface area contributed by atoms with E-state index < -0.39 is 0 Å². The van der Waals surface area contributed by atoms with Crippen molar-refractivity contribution < 1.29 is 33.2 Å². The van der Waals surface area contributed by atoms with Gasteiger partial charge < -0.3 is 38.1 Å². The Morgan fingerprint density at radius 3 is 1.03 bits per heavy atom. The molecule has 0 aliphatic carbocycles. The van der Waals surface area contributed by atoms with Crippen LogP contribution in [0.15, 0.2) is 0 Å². The fourth-order valence-electron chi connectivity index (χ4n) is 2.12. The third kappa shape index (κ3) is 27.7. The SMILES string of the molecule is CCCCCOCCOCCOCCOCCOCCOCCOCCN(C)C. The van der Waals surface area contributed by atoms with Crippen LogP contribution in [0.1, 0.15) is 26.2 Å². The molecule has 0 bridgehead atoms. The van der Waals surface area contributed by atoms with Crippen molar-refractivity contribution in [3.63, 3.8) is 0 Å². The van der Waals surface area contributed by atoms with Gasteiger partial charge in [0, 0.05) is 13.2 Å². The van der Waals surface area contributed by atoms with Crippen molar-refractivity contribution in [3.05, 3.63) is 0 Å². The lowest BCUT2D eigenvalue weighted by Gasteiger charge is -2.10. The minimum absolute atomic E-state index is 0.558. The van der Waals surface area contributed by atoms with Crippen LogP contribution in [0.2, 0.25) is 0 Å². The number of hydrogen-bond donors (Lipinski definition) is 0. The molecule has 8 nitrogen and oxygen atoms in total. The highest BCUT2D eigenvalue weighted by atomic mass is 16.6. The quantitative estimate of drug-likeness (QED) is 0.206. The standard InChI is InChI=1S/C21H45NO7/c1-4-5-6-8-23-10-12-25-14-16-27-18-20-29-21-19-28-17-15-26-13-11-24-9-7-22(2)3/h4-21H2,1-3H3. The summed E-state index contributed by atoms with van der Waals surface area (Å²) < 4.78 is 38.1. The Bertz CT molecular complexity index is 296. The highest BCUT2D eigenvalue weighted by Gasteiger charge is 1.95. The first-order chi connectivity index (χ1) is 14.3. The number of hydrogen-bond acceptors (Lipinski definition) is 8. The van der Waals surface area contributed by atoms with Gasteiger partial charge in [-0.2, -0.15) is 0 Å². The van der Waals surface area contributed by atoms with Crippen LogP contribution >= 0.6 is 0 Å². The van der Waals surface area contributed by atoms with Gasteiger partial charge in [-0.3, -0.25) is 0 Å². The molecule has 0 atom stereocenters. The molecule has 0 spiro atoms. The molecule has 0 aromatic heterocycles. The van der Waals surface area contributed by atoms with Crippen LogP contribution in [0.3, 0.4) is 0 Å². The smallest absolute Gasteiger partial charge is 0.0701 e. The zero-order chi connectivity index (χ0) is 21.3. The molecule has 8 heteroatoms. The van der Waals surface area contributed by atoms with Gasteiger partial charge in [0.15, 0.2) is 0 Å². The highest BCUT2D eigenvalue weighted by molar-refractivity contribution is 4.41. The van der Waals surface area contributed by atoms with Gasteiger partial charge >= 0.3 is 0 Å². The first kappa shape index (κ1) is 28.7. The summed E-state index contributed by atoms with van der Waals surface area (Å²) in [4.78, 5) is 2.09. The van der Waals surface area contributed by atoms with E-state index in [2.05, 4.69) is 11.8 Å². The monoisotopic (exact) mass is 423 g/mol. The van der Waals surface area contributed by atoms with Crippen molar-refractivity contribution >= 4 is 0 Å². The van der Waals surface area contributed by atoms with E-state index in [0.29, 0.717) is 79.3 Å². The van der Waals surface area contributed by atoms with Gasteiger partial charge in [0.05, 0.1) is 85.9 Å². The summed E-state index contributed by atoms with van der Waals surface area (Å²) in [5.41, 5.74) is 0. The first-order valence-electron chi connectivity index (χ1n) is 11.0. The van der Waals surface area contributed by atoms with Crippen molar-refractivity contribution in [2.24, 2.45) is 0 Å². The third-order valence-electron chi connectivity index (χ3n) is 3.81. The molecule has 0 heterocycles. The van der Waals surface area contributed by atoms with Gasteiger partial charge in [0.1, 0.15) is 0 Å². The maximum absolute atomic E-state index is 5.46. The minimum atomic E-state index is 0.558. The van der Waals surface area contributed by atoms with Crippen LogP contribution in [0.25, 0.3) is 0 Å². The second kappa shape index (κ2) is 25.7. The molecular formula is C21H45NO7. The van der Waals surface area contributed by atoms with Crippen LogP contribution in [-0.4, -0.2) is 118 Å². The second-order valence-electron chi connectivity index (χ2n) is 6.80. The highest BCUT2D eigenvalue weighted by Crippen LogP contribution is 1.93. The predicted octanol–water partition coefficient (Wildman–Crippen LogP) is 1.85. The number of unbranched alkanes of at least 4 members (excludes halogenated alkanes) is 2. The third-order valence-corrected chi connectivity index (χ3v) is 3.81. The Morgan fingerprint density at radius 1 is 0.414 bits per heavy atom. The molecule has 0 fully saturated rings. The lowest BCUT2D eigenvalue weighted by molar-refractivity contribution is -0.0208. The number of likely N-dealkylation sites (N-methyl/N-ethyl adjacent to an activating group) is 1. The fraction of sp³-hybridized carbons (Fsp3) is 1.00. The Kier molecular flexibility index (Phi) is 25.4. The Morgan fingerprint density at radius 2 is 0.724 bits per heavy atom. The summed E-state index contributed by atoms with van der Waals surface area (Å²) in [7, 11) is 4.05. The van der Waals surface area contributed by atoms with E-state index in [0.717, 1.165) is 26.2 Å². The summed E-state index contributed by atoms with van der Waals surface area (Å²) in [6.07, 6.45) is 3.58. The van der Waals surface area contributed by atoms with Gasteiger partial charge in [-0.25, -0.2) is 0 Å². The minimum Gasteiger partial charge on any atom is -0.379 e. The summed E-state index contributed by atoms with van der Waals surface area (Å²) in [6.45, 7) is 11.7. The summed E-state index contributed by atoms with van der Waals surface area (Å²) in [6, 6.07) is 0. The van der Waals surface area contributed by atoms with Crippen LogP contribution in [0, 0.1) is 0 Å². The largest absolute Gasteiger partial charge is 0.379 e. The second-order valence-corrected chi connectivity index (χ2v) is 6.80.